The Morgan fingerprint density at radius 1 is 1.32 bits per heavy atom. The lowest BCUT2D eigenvalue weighted by Gasteiger charge is -2.14. The lowest BCUT2D eigenvalue weighted by Crippen LogP contribution is -2.42. The van der Waals surface area contributed by atoms with Gasteiger partial charge in [-0.05, 0) is 31.0 Å². The SMILES string of the molecule is CCS(=O)(=O)NC(Cc1ccc(O)c(O)c1)C(=O)O. The molecule has 0 spiro atoms. The molecule has 0 radical (unpaired) electrons. The van der Waals surface area contributed by atoms with Crippen molar-refractivity contribution in [3.8, 4) is 11.5 Å². The van der Waals surface area contributed by atoms with Crippen LogP contribution in [0.3, 0.4) is 0 Å². The Labute approximate surface area is 110 Å². The summed E-state index contributed by atoms with van der Waals surface area (Å²) in [6, 6.07) is 2.48. The van der Waals surface area contributed by atoms with E-state index < -0.39 is 22.0 Å². The molecular formula is C11H15NO6S. The van der Waals surface area contributed by atoms with Crippen LogP contribution in [0.5, 0.6) is 11.5 Å². The lowest BCUT2D eigenvalue weighted by molar-refractivity contribution is -0.138. The van der Waals surface area contributed by atoms with Crippen LogP contribution in [-0.2, 0) is 21.2 Å². The van der Waals surface area contributed by atoms with Gasteiger partial charge in [-0.3, -0.25) is 4.79 Å². The van der Waals surface area contributed by atoms with E-state index in [4.69, 9.17) is 10.2 Å². The fraction of sp³-hybridized carbons (Fsp3) is 0.364. The second-order valence-electron chi connectivity index (χ2n) is 3.94. The van der Waals surface area contributed by atoms with Gasteiger partial charge in [0.05, 0.1) is 5.75 Å². The molecule has 0 saturated carbocycles. The van der Waals surface area contributed by atoms with Gasteiger partial charge in [-0.25, -0.2) is 13.1 Å². The molecule has 1 atom stereocenters. The molecule has 106 valence electrons. The highest BCUT2D eigenvalue weighted by Crippen LogP contribution is 2.25. The first-order valence-corrected chi connectivity index (χ1v) is 7.14. The number of hydrogen-bond acceptors (Lipinski definition) is 5. The minimum Gasteiger partial charge on any atom is -0.504 e. The summed E-state index contributed by atoms with van der Waals surface area (Å²) >= 11 is 0. The molecule has 7 nitrogen and oxygen atoms in total. The fourth-order valence-corrected chi connectivity index (χ4v) is 2.20. The van der Waals surface area contributed by atoms with E-state index in [2.05, 4.69) is 4.72 Å². The quantitative estimate of drug-likeness (QED) is 0.548. The zero-order chi connectivity index (χ0) is 14.6. The average molecular weight is 289 g/mol. The molecule has 0 saturated heterocycles. The van der Waals surface area contributed by atoms with Gasteiger partial charge in [0.1, 0.15) is 6.04 Å². The molecule has 1 aromatic carbocycles. The normalized spacial score (nSPS) is 13.1. The number of aromatic hydroxyl groups is 2. The predicted octanol–water partition coefficient (Wildman–Crippen LogP) is 0.0328. The van der Waals surface area contributed by atoms with Gasteiger partial charge in [0.2, 0.25) is 10.0 Å². The van der Waals surface area contributed by atoms with Crippen molar-refractivity contribution in [1.29, 1.82) is 0 Å². The number of carboxylic acids is 1. The van der Waals surface area contributed by atoms with Crippen molar-refractivity contribution in [1.82, 2.24) is 4.72 Å². The fourth-order valence-electron chi connectivity index (χ4n) is 1.41. The molecule has 0 heterocycles. The van der Waals surface area contributed by atoms with Crippen LogP contribution in [0, 0.1) is 0 Å². The van der Waals surface area contributed by atoms with Gasteiger partial charge in [0.15, 0.2) is 11.5 Å². The van der Waals surface area contributed by atoms with Crippen LogP contribution in [0.1, 0.15) is 12.5 Å². The Kier molecular flexibility index (Phi) is 4.73. The zero-order valence-electron chi connectivity index (χ0n) is 10.2. The maximum Gasteiger partial charge on any atom is 0.322 e. The highest BCUT2D eigenvalue weighted by molar-refractivity contribution is 7.89. The molecule has 1 rings (SSSR count). The number of aliphatic carboxylic acids is 1. The summed E-state index contributed by atoms with van der Waals surface area (Å²) in [6.07, 6.45) is -0.137. The van der Waals surface area contributed by atoms with Crippen molar-refractivity contribution >= 4 is 16.0 Å². The summed E-state index contributed by atoms with van der Waals surface area (Å²) in [5.41, 5.74) is 0.390. The first-order chi connectivity index (χ1) is 8.75. The number of carbonyl (C=O) groups is 1. The van der Waals surface area contributed by atoms with Crippen LogP contribution in [0.4, 0.5) is 0 Å². The number of phenolic OH excluding ortho intramolecular Hbond substituents is 2. The Morgan fingerprint density at radius 3 is 2.42 bits per heavy atom. The van der Waals surface area contributed by atoms with Gasteiger partial charge in [0, 0.05) is 0 Å². The van der Waals surface area contributed by atoms with Gasteiger partial charge >= 0.3 is 5.97 Å². The topological polar surface area (TPSA) is 124 Å². The van der Waals surface area contributed by atoms with Crippen LogP contribution in [0.25, 0.3) is 0 Å². The van der Waals surface area contributed by atoms with Crippen molar-refractivity contribution in [2.24, 2.45) is 0 Å². The van der Waals surface area contributed by atoms with E-state index in [9.17, 15) is 18.3 Å². The van der Waals surface area contributed by atoms with Gasteiger partial charge in [0.25, 0.3) is 0 Å². The van der Waals surface area contributed by atoms with Gasteiger partial charge in [-0.1, -0.05) is 6.07 Å². The van der Waals surface area contributed by atoms with E-state index in [1.807, 2.05) is 0 Å². The number of phenols is 2. The monoisotopic (exact) mass is 289 g/mol. The summed E-state index contributed by atoms with van der Waals surface area (Å²) in [7, 11) is -3.64. The van der Waals surface area contributed by atoms with Gasteiger partial charge < -0.3 is 15.3 Å². The molecule has 0 aliphatic heterocycles. The molecule has 0 aliphatic rings. The summed E-state index contributed by atoms with van der Waals surface area (Å²) < 4.78 is 24.8. The molecule has 8 heteroatoms. The molecule has 0 fully saturated rings. The third-order valence-electron chi connectivity index (χ3n) is 2.48. The summed E-state index contributed by atoms with van der Waals surface area (Å²) in [6.45, 7) is 1.40. The smallest absolute Gasteiger partial charge is 0.322 e. The van der Waals surface area contributed by atoms with Crippen molar-refractivity contribution in [3.63, 3.8) is 0 Å². The van der Waals surface area contributed by atoms with Gasteiger partial charge in [-0.2, -0.15) is 0 Å². The van der Waals surface area contributed by atoms with Gasteiger partial charge in [-0.15, -0.1) is 0 Å². The maximum atomic E-state index is 11.4. The largest absolute Gasteiger partial charge is 0.504 e. The van der Waals surface area contributed by atoms with Crippen molar-refractivity contribution < 1.29 is 28.5 Å². The number of carboxylic acid groups (broad SMARTS) is 1. The molecule has 19 heavy (non-hydrogen) atoms. The molecular weight excluding hydrogens is 274 g/mol. The number of nitrogens with one attached hydrogen (secondary N) is 1. The minimum absolute atomic E-state index is 0.137. The van der Waals surface area contributed by atoms with E-state index in [-0.39, 0.29) is 23.7 Å². The van der Waals surface area contributed by atoms with Crippen LogP contribution in [0.15, 0.2) is 18.2 Å². The van der Waals surface area contributed by atoms with Crippen LogP contribution in [-0.4, -0.2) is 41.5 Å². The Balaban J connectivity index is 2.90. The molecule has 0 aliphatic carbocycles. The summed E-state index contributed by atoms with van der Waals surface area (Å²) in [5.74, 6) is -2.26. The molecule has 0 amide bonds. The van der Waals surface area contributed by atoms with E-state index in [1.54, 1.807) is 0 Å². The summed E-state index contributed by atoms with van der Waals surface area (Å²) in [4.78, 5) is 11.0. The van der Waals surface area contributed by atoms with E-state index in [0.29, 0.717) is 5.56 Å². The average Bonchev–Trinajstić information content (AvgIpc) is 2.32. The molecule has 0 bridgehead atoms. The highest BCUT2D eigenvalue weighted by atomic mass is 32.2. The number of hydrogen-bond donors (Lipinski definition) is 4. The van der Waals surface area contributed by atoms with E-state index in [0.717, 1.165) is 0 Å². The molecule has 0 aromatic heterocycles. The van der Waals surface area contributed by atoms with E-state index in [1.165, 1.54) is 25.1 Å². The molecule has 1 unspecified atom stereocenters. The number of rotatable bonds is 6. The number of benzene rings is 1. The number of sulfonamides is 1. The Bertz CT molecular complexity index is 569. The maximum absolute atomic E-state index is 11.4. The van der Waals surface area contributed by atoms with Crippen molar-refractivity contribution in [2.45, 2.75) is 19.4 Å². The predicted molar refractivity (Wildman–Crippen MR) is 67.5 cm³/mol. The first-order valence-electron chi connectivity index (χ1n) is 5.49. The lowest BCUT2D eigenvalue weighted by atomic mass is 10.1. The zero-order valence-corrected chi connectivity index (χ0v) is 11.0. The Morgan fingerprint density at radius 2 is 1.95 bits per heavy atom. The second-order valence-corrected chi connectivity index (χ2v) is 5.98. The Hall–Kier alpha value is -1.80. The van der Waals surface area contributed by atoms with Crippen LogP contribution < -0.4 is 4.72 Å². The molecule has 4 N–H and O–H groups in total. The first kappa shape index (κ1) is 15.3. The highest BCUT2D eigenvalue weighted by Gasteiger charge is 2.23. The summed E-state index contributed by atoms with van der Waals surface area (Å²) in [5, 5.41) is 27.4. The van der Waals surface area contributed by atoms with Crippen LogP contribution in [0.2, 0.25) is 0 Å². The third-order valence-corrected chi connectivity index (χ3v) is 3.88. The van der Waals surface area contributed by atoms with Crippen molar-refractivity contribution in [2.75, 3.05) is 5.75 Å². The second kappa shape index (κ2) is 5.89. The van der Waals surface area contributed by atoms with E-state index >= 15 is 0 Å². The van der Waals surface area contributed by atoms with Crippen LogP contribution >= 0.6 is 0 Å². The minimum atomic E-state index is -3.64. The third kappa shape index (κ3) is 4.42. The van der Waals surface area contributed by atoms with Crippen molar-refractivity contribution in [3.05, 3.63) is 23.8 Å². The standard InChI is InChI=1S/C11H15NO6S/c1-2-19(17,18)12-8(11(15)16)5-7-3-4-9(13)10(14)6-7/h3-4,6,8,12-14H,2,5H2,1H3,(H,15,16). The molecule has 1 aromatic rings.